The summed E-state index contributed by atoms with van der Waals surface area (Å²) in [6.07, 6.45) is 8.25. The molecule has 3 atom stereocenters. The molecule has 0 radical (unpaired) electrons. The SMILES string of the molecule is C=CC(=O)N1CCN(c2nc(OC[C@@H]3CCCN3C)nc3c2CCC2(CCc4cc(F)ccc42)C3)C[C@@H]1CC#N. The van der Waals surface area contributed by atoms with Crippen LogP contribution < -0.4 is 9.64 Å². The van der Waals surface area contributed by atoms with Crippen LogP contribution in [0.15, 0.2) is 30.9 Å². The highest BCUT2D eigenvalue weighted by Gasteiger charge is 2.43. The van der Waals surface area contributed by atoms with Gasteiger partial charge in [-0.1, -0.05) is 12.6 Å². The number of benzene rings is 1. The fraction of sp³-hybridized carbons (Fsp3) is 0.548. The number of ether oxygens (including phenoxy) is 1. The number of anilines is 1. The van der Waals surface area contributed by atoms with Gasteiger partial charge in [0, 0.05) is 36.7 Å². The van der Waals surface area contributed by atoms with Gasteiger partial charge in [-0.3, -0.25) is 4.79 Å². The van der Waals surface area contributed by atoms with Gasteiger partial charge in [-0.2, -0.15) is 15.2 Å². The first-order valence-corrected chi connectivity index (χ1v) is 14.5. The van der Waals surface area contributed by atoms with E-state index in [1.807, 2.05) is 6.07 Å². The number of likely N-dealkylation sites (N-methyl/N-ethyl adjacent to an activating group) is 1. The van der Waals surface area contributed by atoms with Crippen molar-refractivity contribution in [3.05, 3.63) is 59.1 Å². The van der Waals surface area contributed by atoms with E-state index in [1.54, 1.807) is 17.0 Å². The molecule has 1 aromatic carbocycles. The molecule has 3 heterocycles. The molecule has 9 heteroatoms. The Morgan fingerprint density at radius 3 is 2.88 bits per heavy atom. The Kier molecular flexibility index (Phi) is 7.22. The lowest BCUT2D eigenvalue weighted by atomic mass is 9.69. The number of piperazine rings is 1. The molecule has 1 aromatic heterocycles. The van der Waals surface area contributed by atoms with Crippen LogP contribution in [0.2, 0.25) is 0 Å². The first kappa shape index (κ1) is 26.7. The highest BCUT2D eigenvalue weighted by Crippen LogP contribution is 2.49. The maximum atomic E-state index is 14.0. The van der Waals surface area contributed by atoms with E-state index in [9.17, 15) is 14.4 Å². The molecule has 8 nitrogen and oxygen atoms in total. The number of hydrogen-bond acceptors (Lipinski definition) is 7. The third-order valence-corrected chi connectivity index (χ3v) is 9.56. The van der Waals surface area contributed by atoms with Gasteiger partial charge < -0.3 is 19.4 Å². The zero-order valence-corrected chi connectivity index (χ0v) is 23.2. The number of halogens is 1. The van der Waals surface area contributed by atoms with Crippen molar-refractivity contribution in [3.8, 4) is 12.1 Å². The molecule has 1 unspecified atom stereocenters. The molecule has 2 aromatic rings. The Labute approximate surface area is 235 Å². The van der Waals surface area contributed by atoms with Crippen molar-refractivity contribution in [2.45, 2.75) is 68.9 Å². The first-order valence-electron chi connectivity index (χ1n) is 14.5. The van der Waals surface area contributed by atoms with Gasteiger partial charge >= 0.3 is 6.01 Å². The van der Waals surface area contributed by atoms with Crippen LogP contribution in [0.1, 0.15) is 54.5 Å². The van der Waals surface area contributed by atoms with Crippen molar-refractivity contribution in [2.24, 2.45) is 0 Å². The van der Waals surface area contributed by atoms with Crippen molar-refractivity contribution in [3.63, 3.8) is 0 Å². The van der Waals surface area contributed by atoms with Gasteiger partial charge in [-0.05, 0) is 87.9 Å². The van der Waals surface area contributed by atoms with Crippen LogP contribution in [0.25, 0.3) is 0 Å². The van der Waals surface area contributed by atoms with Crippen LogP contribution in [0.5, 0.6) is 6.01 Å². The molecule has 2 aliphatic carbocycles. The molecule has 2 aliphatic heterocycles. The molecule has 40 heavy (non-hydrogen) atoms. The van der Waals surface area contributed by atoms with E-state index >= 15 is 0 Å². The zero-order valence-electron chi connectivity index (χ0n) is 23.2. The lowest BCUT2D eigenvalue weighted by Gasteiger charge is -2.42. The molecular formula is C31H37FN6O2. The summed E-state index contributed by atoms with van der Waals surface area (Å²) >= 11 is 0. The molecule has 0 bridgehead atoms. The number of amides is 1. The normalized spacial score (nSPS) is 25.9. The van der Waals surface area contributed by atoms with E-state index in [2.05, 4.69) is 29.5 Å². The Morgan fingerprint density at radius 2 is 2.10 bits per heavy atom. The molecule has 1 amide bonds. The summed E-state index contributed by atoms with van der Waals surface area (Å²) in [5.41, 5.74) is 4.44. The van der Waals surface area contributed by atoms with Crippen molar-refractivity contribution in [1.29, 1.82) is 5.26 Å². The fourth-order valence-electron chi connectivity index (χ4n) is 7.33. The van der Waals surface area contributed by atoms with E-state index in [0.717, 1.165) is 74.1 Å². The summed E-state index contributed by atoms with van der Waals surface area (Å²) in [7, 11) is 2.13. The van der Waals surface area contributed by atoms with Crippen LogP contribution >= 0.6 is 0 Å². The Balaban J connectivity index is 1.33. The summed E-state index contributed by atoms with van der Waals surface area (Å²) in [6.45, 7) is 6.89. The lowest BCUT2D eigenvalue weighted by molar-refractivity contribution is -0.128. The average Bonchev–Trinajstić information content (AvgIpc) is 3.53. The molecule has 0 saturated carbocycles. The number of rotatable bonds is 6. The number of aryl methyl sites for hydroxylation is 1. The van der Waals surface area contributed by atoms with Crippen molar-refractivity contribution >= 4 is 11.7 Å². The summed E-state index contributed by atoms with van der Waals surface area (Å²) in [4.78, 5) is 28.7. The second-order valence-electron chi connectivity index (χ2n) is 11.8. The highest BCUT2D eigenvalue weighted by molar-refractivity contribution is 5.87. The van der Waals surface area contributed by atoms with Crippen molar-refractivity contribution < 1.29 is 13.9 Å². The number of nitriles is 1. The maximum Gasteiger partial charge on any atom is 0.318 e. The van der Waals surface area contributed by atoms with Crippen LogP contribution in [0, 0.1) is 17.1 Å². The third-order valence-electron chi connectivity index (χ3n) is 9.56. The Bertz CT molecular complexity index is 1360. The quantitative estimate of drug-likeness (QED) is 0.514. The monoisotopic (exact) mass is 544 g/mol. The second kappa shape index (κ2) is 10.8. The Hall–Kier alpha value is -3.51. The van der Waals surface area contributed by atoms with Crippen molar-refractivity contribution in [2.75, 3.05) is 44.7 Å². The summed E-state index contributed by atoms with van der Waals surface area (Å²) in [6, 6.07) is 8.00. The van der Waals surface area contributed by atoms with E-state index in [4.69, 9.17) is 14.7 Å². The van der Waals surface area contributed by atoms with Gasteiger partial charge in [-0.25, -0.2) is 4.39 Å². The highest BCUT2D eigenvalue weighted by atomic mass is 19.1. The van der Waals surface area contributed by atoms with Gasteiger partial charge in [-0.15, -0.1) is 0 Å². The van der Waals surface area contributed by atoms with E-state index < -0.39 is 0 Å². The molecule has 210 valence electrons. The fourth-order valence-corrected chi connectivity index (χ4v) is 7.33. The van der Waals surface area contributed by atoms with E-state index in [-0.39, 0.29) is 29.6 Å². The standard InChI is InChI=1S/C31H37FN6O2/c1-3-28(39)38-16-15-37(19-23(38)10-13-33)29-25-9-12-31(11-8-21-17-22(32)6-7-26(21)31)18-27(25)34-30(35-29)40-20-24-5-4-14-36(24)2/h3,6-7,17,23-24H,1,4-5,8-12,14-16,18-20H2,2H3/t23-,24-,31?/m0/s1. The van der Waals surface area contributed by atoms with Gasteiger partial charge in [0.2, 0.25) is 5.91 Å². The largest absolute Gasteiger partial charge is 0.462 e. The molecule has 1 spiro atoms. The Morgan fingerprint density at radius 1 is 1.25 bits per heavy atom. The lowest BCUT2D eigenvalue weighted by Crippen LogP contribution is -2.55. The van der Waals surface area contributed by atoms with Gasteiger partial charge in [0.25, 0.3) is 0 Å². The predicted octanol–water partition coefficient (Wildman–Crippen LogP) is 3.58. The van der Waals surface area contributed by atoms with Crippen LogP contribution in [0.4, 0.5) is 10.2 Å². The average molecular weight is 545 g/mol. The molecule has 4 aliphatic rings. The van der Waals surface area contributed by atoms with E-state index in [1.165, 1.54) is 11.6 Å². The summed E-state index contributed by atoms with van der Waals surface area (Å²) in [5.74, 6) is 0.540. The molecule has 2 saturated heterocycles. The topological polar surface area (TPSA) is 85.6 Å². The van der Waals surface area contributed by atoms with Crippen LogP contribution in [-0.2, 0) is 29.5 Å². The first-order chi connectivity index (χ1) is 19.4. The molecular weight excluding hydrogens is 507 g/mol. The number of carbonyl (C=O) groups excluding carboxylic acids is 1. The van der Waals surface area contributed by atoms with Crippen LogP contribution in [-0.4, -0.2) is 77.6 Å². The van der Waals surface area contributed by atoms with Crippen molar-refractivity contribution in [1.82, 2.24) is 19.8 Å². The predicted molar refractivity (Wildman–Crippen MR) is 150 cm³/mol. The van der Waals surface area contributed by atoms with Crippen LogP contribution in [0.3, 0.4) is 0 Å². The number of likely N-dealkylation sites (tertiary alicyclic amines) is 1. The second-order valence-corrected chi connectivity index (χ2v) is 11.8. The van der Waals surface area contributed by atoms with E-state index in [0.29, 0.717) is 38.3 Å². The molecule has 0 N–H and O–H groups in total. The van der Waals surface area contributed by atoms with Gasteiger partial charge in [0.15, 0.2) is 0 Å². The van der Waals surface area contributed by atoms with Gasteiger partial charge in [0.05, 0.1) is 24.2 Å². The maximum absolute atomic E-state index is 14.0. The summed E-state index contributed by atoms with van der Waals surface area (Å²) < 4.78 is 20.3. The third kappa shape index (κ3) is 4.83. The molecule has 6 rings (SSSR count). The number of carbonyl (C=O) groups is 1. The minimum Gasteiger partial charge on any atom is -0.462 e. The number of nitrogens with zero attached hydrogens (tertiary/aromatic N) is 6. The number of hydrogen-bond donors (Lipinski definition) is 0. The smallest absolute Gasteiger partial charge is 0.318 e. The minimum absolute atomic E-state index is 0.0526. The zero-order chi connectivity index (χ0) is 27.9. The van der Waals surface area contributed by atoms with Gasteiger partial charge in [0.1, 0.15) is 18.2 Å². The molecule has 2 fully saturated rings. The minimum atomic E-state index is -0.238. The number of fused-ring (bicyclic) bond motifs is 3. The summed E-state index contributed by atoms with van der Waals surface area (Å²) in [5, 5.41) is 9.49. The number of aromatic nitrogens is 2.